The zero-order valence-corrected chi connectivity index (χ0v) is 11.6. The first kappa shape index (κ1) is 13.1. The second-order valence-corrected chi connectivity index (χ2v) is 6.02. The zero-order valence-electron chi connectivity index (χ0n) is 10.9. The third-order valence-electron chi connectivity index (χ3n) is 4.00. The number of hydrogen-bond donors (Lipinski definition) is 0. The van der Waals surface area contributed by atoms with Crippen LogP contribution in [0.5, 0.6) is 0 Å². The van der Waals surface area contributed by atoms with Crippen molar-refractivity contribution in [2.75, 3.05) is 0 Å². The van der Waals surface area contributed by atoms with E-state index in [1.807, 2.05) is 42.5 Å². The normalized spacial score (nSPS) is 26.1. The molecule has 1 aliphatic rings. The second kappa shape index (κ2) is 4.60. The Hall–Kier alpha value is -1.87. The predicted molar refractivity (Wildman–Crippen MR) is 80.6 cm³/mol. The summed E-state index contributed by atoms with van der Waals surface area (Å²) in [7, 11) is 0. The lowest BCUT2D eigenvalue weighted by Gasteiger charge is -2.20. The molecule has 2 aromatic carbocycles. The molecule has 0 saturated heterocycles. The fourth-order valence-corrected chi connectivity index (χ4v) is 3.37. The number of hydrogen-bond acceptors (Lipinski definition) is 2. The van der Waals surface area contributed by atoms with E-state index in [0.717, 1.165) is 21.9 Å². The molecule has 0 aliphatic heterocycles. The molecule has 4 heteroatoms. The molecule has 0 unspecified atom stereocenters. The topological polar surface area (TPSA) is 43.1 Å². The van der Waals surface area contributed by atoms with Gasteiger partial charge in [-0.3, -0.25) is 10.1 Å². The first-order valence-corrected chi connectivity index (χ1v) is 6.87. The largest absolute Gasteiger partial charge is 0.305 e. The van der Waals surface area contributed by atoms with Gasteiger partial charge in [-0.15, -0.1) is 0 Å². The van der Waals surface area contributed by atoms with Gasteiger partial charge in [0.05, 0.1) is 12.3 Å². The predicted octanol–water partition coefficient (Wildman–Crippen LogP) is 4.49. The summed E-state index contributed by atoms with van der Waals surface area (Å²) in [6.07, 6.45) is 0.807. The van der Waals surface area contributed by atoms with Crippen molar-refractivity contribution < 1.29 is 4.92 Å². The fourth-order valence-electron chi connectivity index (χ4n) is 2.98. The van der Waals surface area contributed by atoms with E-state index in [9.17, 15) is 10.1 Å². The van der Waals surface area contributed by atoms with Crippen molar-refractivity contribution in [1.82, 2.24) is 0 Å². The van der Waals surface area contributed by atoms with Crippen LogP contribution in [-0.4, -0.2) is 9.92 Å². The van der Waals surface area contributed by atoms with E-state index in [2.05, 4.69) is 6.58 Å². The number of benzene rings is 2. The zero-order chi connectivity index (χ0) is 14.3. The Balaban J connectivity index is 2.09. The van der Waals surface area contributed by atoms with Gasteiger partial charge in [-0.2, -0.15) is 0 Å². The number of fused-ring (bicyclic) bond motifs is 1. The Bertz CT molecular complexity index is 712. The molecule has 0 spiro atoms. The van der Waals surface area contributed by atoms with Gasteiger partial charge in [-0.25, -0.2) is 0 Å². The number of halogens is 1. The molecule has 1 saturated carbocycles. The Kier molecular flexibility index (Phi) is 3.02. The second-order valence-electron chi connectivity index (χ2n) is 5.37. The van der Waals surface area contributed by atoms with Crippen LogP contribution in [0.1, 0.15) is 24.3 Å². The molecule has 1 fully saturated rings. The molecule has 0 heterocycles. The highest BCUT2D eigenvalue weighted by molar-refractivity contribution is 6.23. The lowest BCUT2D eigenvalue weighted by Crippen LogP contribution is -2.34. The summed E-state index contributed by atoms with van der Waals surface area (Å²) < 4.78 is 0. The van der Waals surface area contributed by atoms with Crippen LogP contribution in [0.3, 0.4) is 0 Å². The van der Waals surface area contributed by atoms with E-state index in [1.165, 1.54) is 0 Å². The Morgan fingerprint density at radius 3 is 2.65 bits per heavy atom. The van der Waals surface area contributed by atoms with Gasteiger partial charge >= 0.3 is 5.00 Å². The van der Waals surface area contributed by atoms with E-state index >= 15 is 0 Å². The van der Waals surface area contributed by atoms with Crippen LogP contribution in [-0.2, 0) is 0 Å². The SMILES string of the molecule is C=C1C[C@H](c2ccc3ccccc3c2)[C@](Cl)([N+](=O)[O-])C1. The fraction of sp³-hybridized carbons (Fsp3) is 0.250. The Morgan fingerprint density at radius 1 is 1.25 bits per heavy atom. The van der Waals surface area contributed by atoms with E-state index < -0.39 is 5.00 Å². The lowest BCUT2D eigenvalue weighted by atomic mass is 9.92. The minimum atomic E-state index is -1.46. The Labute approximate surface area is 122 Å². The van der Waals surface area contributed by atoms with E-state index in [0.29, 0.717) is 6.42 Å². The molecule has 1 aliphatic carbocycles. The van der Waals surface area contributed by atoms with Crippen molar-refractivity contribution in [2.45, 2.75) is 23.8 Å². The van der Waals surface area contributed by atoms with Crippen LogP contribution < -0.4 is 0 Å². The Morgan fingerprint density at radius 2 is 1.95 bits per heavy atom. The summed E-state index contributed by atoms with van der Waals surface area (Å²) in [4.78, 5) is 9.52. The van der Waals surface area contributed by atoms with E-state index in [1.54, 1.807) is 0 Å². The molecule has 0 radical (unpaired) electrons. The van der Waals surface area contributed by atoms with E-state index in [-0.39, 0.29) is 17.3 Å². The molecule has 2 atom stereocenters. The average Bonchev–Trinajstić information content (AvgIpc) is 2.75. The third kappa shape index (κ3) is 1.98. The maximum atomic E-state index is 11.3. The number of nitrogens with zero attached hydrogens (tertiary/aromatic N) is 1. The van der Waals surface area contributed by atoms with Crippen LogP contribution in [0.15, 0.2) is 54.6 Å². The minimum Gasteiger partial charge on any atom is -0.263 e. The maximum absolute atomic E-state index is 11.3. The molecular formula is C16H14ClNO2. The van der Waals surface area contributed by atoms with Crippen LogP contribution in [0.25, 0.3) is 10.8 Å². The van der Waals surface area contributed by atoms with Crippen LogP contribution in [0.2, 0.25) is 0 Å². The van der Waals surface area contributed by atoms with Gasteiger partial charge < -0.3 is 0 Å². The van der Waals surface area contributed by atoms with Gasteiger partial charge in [-0.05, 0) is 34.4 Å². The van der Waals surface area contributed by atoms with Crippen molar-refractivity contribution in [2.24, 2.45) is 0 Å². The van der Waals surface area contributed by atoms with Gasteiger partial charge in [0.25, 0.3) is 0 Å². The van der Waals surface area contributed by atoms with Gasteiger partial charge in [0, 0.05) is 4.92 Å². The highest BCUT2D eigenvalue weighted by atomic mass is 35.5. The number of alkyl halides is 1. The number of nitro groups is 1. The summed E-state index contributed by atoms with van der Waals surface area (Å²) >= 11 is 6.29. The molecule has 2 aromatic rings. The number of rotatable bonds is 2. The highest BCUT2D eigenvalue weighted by Crippen LogP contribution is 2.49. The lowest BCUT2D eigenvalue weighted by molar-refractivity contribution is -0.542. The minimum absolute atomic E-state index is 0.235. The first-order valence-electron chi connectivity index (χ1n) is 6.49. The van der Waals surface area contributed by atoms with Crippen molar-refractivity contribution in [3.05, 3.63) is 70.3 Å². The molecule has 102 valence electrons. The van der Waals surface area contributed by atoms with Crippen LogP contribution >= 0.6 is 11.6 Å². The monoisotopic (exact) mass is 287 g/mol. The maximum Gasteiger partial charge on any atom is 0.305 e. The molecule has 0 aromatic heterocycles. The van der Waals surface area contributed by atoms with Crippen molar-refractivity contribution >= 4 is 22.4 Å². The molecular weight excluding hydrogens is 274 g/mol. The quantitative estimate of drug-likeness (QED) is 0.269. The van der Waals surface area contributed by atoms with Crippen LogP contribution in [0, 0.1) is 10.1 Å². The van der Waals surface area contributed by atoms with Gasteiger partial charge in [0.2, 0.25) is 0 Å². The standard InChI is InChI=1S/C16H14ClNO2/c1-11-8-15(16(17,10-11)18(19)20)14-7-6-12-4-2-3-5-13(12)9-14/h2-7,9,15H,1,8,10H2/t15-,16-/m1/s1. The van der Waals surface area contributed by atoms with Crippen molar-refractivity contribution in [1.29, 1.82) is 0 Å². The van der Waals surface area contributed by atoms with E-state index in [4.69, 9.17) is 11.6 Å². The summed E-state index contributed by atoms with van der Waals surface area (Å²) in [5, 5.41) is 13.5. The van der Waals surface area contributed by atoms with Gasteiger partial charge in [0.15, 0.2) is 0 Å². The molecule has 0 amide bonds. The third-order valence-corrected chi connectivity index (χ3v) is 4.54. The van der Waals surface area contributed by atoms with Gasteiger partial charge in [-0.1, -0.05) is 54.6 Å². The summed E-state index contributed by atoms with van der Waals surface area (Å²) in [5.41, 5.74) is 1.75. The molecule has 3 rings (SSSR count). The van der Waals surface area contributed by atoms with Crippen molar-refractivity contribution in [3.8, 4) is 0 Å². The smallest absolute Gasteiger partial charge is 0.263 e. The van der Waals surface area contributed by atoms with Gasteiger partial charge in [0.1, 0.15) is 0 Å². The average molecular weight is 288 g/mol. The van der Waals surface area contributed by atoms with Crippen molar-refractivity contribution in [3.63, 3.8) is 0 Å². The first-order chi connectivity index (χ1) is 9.50. The molecule has 0 N–H and O–H groups in total. The summed E-state index contributed by atoms with van der Waals surface area (Å²) in [6.45, 7) is 3.88. The highest BCUT2D eigenvalue weighted by Gasteiger charge is 2.54. The molecule has 0 bridgehead atoms. The molecule has 20 heavy (non-hydrogen) atoms. The van der Waals surface area contributed by atoms with Crippen LogP contribution in [0.4, 0.5) is 0 Å². The summed E-state index contributed by atoms with van der Waals surface area (Å²) in [6, 6.07) is 13.9. The molecule has 3 nitrogen and oxygen atoms in total. The summed E-state index contributed by atoms with van der Waals surface area (Å²) in [5.74, 6) is -0.323.